The molecular formula is C18H25NO6. The van der Waals surface area contributed by atoms with Gasteiger partial charge in [-0.25, -0.2) is 4.79 Å². The molecule has 1 heterocycles. The normalized spacial score (nSPS) is 12.4. The molecule has 7 nitrogen and oxygen atoms in total. The number of hydrogen-bond donors (Lipinski definition) is 0. The van der Waals surface area contributed by atoms with E-state index in [2.05, 4.69) is 4.90 Å². The Morgan fingerprint density at radius 3 is 2.48 bits per heavy atom. The SMILES string of the molecule is COC(=O)c1cc2c(OC)cc(CN(C)CC(C)OC)c(OC)c2o1. The van der Waals surface area contributed by atoms with Crippen LogP contribution >= 0.6 is 0 Å². The van der Waals surface area contributed by atoms with Gasteiger partial charge in [0.2, 0.25) is 5.76 Å². The number of ether oxygens (including phenoxy) is 4. The fourth-order valence-corrected chi connectivity index (χ4v) is 2.77. The van der Waals surface area contributed by atoms with Crippen molar-refractivity contribution >= 4 is 16.9 Å². The van der Waals surface area contributed by atoms with E-state index in [1.807, 2.05) is 20.0 Å². The van der Waals surface area contributed by atoms with Crippen LogP contribution in [0.15, 0.2) is 16.5 Å². The predicted molar refractivity (Wildman–Crippen MR) is 93.5 cm³/mol. The zero-order chi connectivity index (χ0) is 18.6. The van der Waals surface area contributed by atoms with E-state index in [9.17, 15) is 4.79 Å². The topological polar surface area (TPSA) is 70.4 Å². The van der Waals surface area contributed by atoms with E-state index in [0.717, 1.165) is 12.1 Å². The van der Waals surface area contributed by atoms with Gasteiger partial charge in [0.15, 0.2) is 11.3 Å². The number of methoxy groups -OCH3 is 4. The van der Waals surface area contributed by atoms with E-state index < -0.39 is 5.97 Å². The first-order valence-electron chi connectivity index (χ1n) is 7.92. The summed E-state index contributed by atoms with van der Waals surface area (Å²) in [5.41, 5.74) is 1.36. The lowest BCUT2D eigenvalue weighted by atomic mass is 10.1. The van der Waals surface area contributed by atoms with Crippen LogP contribution in [0.2, 0.25) is 0 Å². The number of carbonyl (C=O) groups is 1. The second-order valence-corrected chi connectivity index (χ2v) is 5.86. The Hall–Kier alpha value is -2.25. The molecule has 0 aliphatic heterocycles. The molecule has 0 saturated heterocycles. The second kappa shape index (κ2) is 8.22. The van der Waals surface area contributed by atoms with Gasteiger partial charge < -0.3 is 23.4 Å². The molecule has 1 unspecified atom stereocenters. The summed E-state index contributed by atoms with van der Waals surface area (Å²) in [6, 6.07) is 3.49. The molecule has 0 saturated carbocycles. The van der Waals surface area contributed by atoms with Crippen LogP contribution in [0.4, 0.5) is 0 Å². The number of esters is 1. The fourth-order valence-electron chi connectivity index (χ4n) is 2.77. The van der Waals surface area contributed by atoms with Crippen molar-refractivity contribution in [2.75, 3.05) is 42.0 Å². The highest BCUT2D eigenvalue weighted by Crippen LogP contribution is 2.39. The van der Waals surface area contributed by atoms with Crippen LogP contribution in [0, 0.1) is 0 Å². The Balaban J connectivity index is 2.47. The first-order valence-corrected chi connectivity index (χ1v) is 7.92. The van der Waals surface area contributed by atoms with E-state index in [4.69, 9.17) is 23.4 Å². The largest absolute Gasteiger partial charge is 0.496 e. The van der Waals surface area contributed by atoms with Crippen molar-refractivity contribution in [2.24, 2.45) is 0 Å². The summed E-state index contributed by atoms with van der Waals surface area (Å²) < 4.78 is 26.7. The molecule has 138 valence electrons. The Morgan fingerprint density at radius 1 is 1.20 bits per heavy atom. The quantitative estimate of drug-likeness (QED) is 0.677. The molecule has 0 fully saturated rings. The van der Waals surface area contributed by atoms with Crippen molar-refractivity contribution in [2.45, 2.75) is 19.6 Å². The van der Waals surface area contributed by atoms with Gasteiger partial charge in [0.25, 0.3) is 0 Å². The zero-order valence-electron chi connectivity index (χ0n) is 15.5. The first kappa shape index (κ1) is 19.1. The average molecular weight is 351 g/mol. The van der Waals surface area contributed by atoms with Gasteiger partial charge in [0.05, 0.1) is 32.8 Å². The lowest BCUT2D eigenvalue weighted by Gasteiger charge is -2.22. The van der Waals surface area contributed by atoms with E-state index in [1.54, 1.807) is 27.4 Å². The lowest BCUT2D eigenvalue weighted by molar-refractivity contribution is 0.0567. The molecule has 1 aromatic carbocycles. The molecule has 0 spiro atoms. The van der Waals surface area contributed by atoms with Gasteiger partial charge in [-0.05, 0) is 20.0 Å². The third kappa shape index (κ3) is 4.05. The van der Waals surface area contributed by atoms with Crippen LogP contribution in [0.3, 0.4) is 0 Å². The summed E-state index contributed by atoms with van der Waals surface area (Å²) >= 11 is 0. The third-order valence-electron chi connectivity index (χ3n) is 4.02. The Morgan fingerprint density at radius 2 is 1.92 bits per heavy atom. The van der Waals surface area contributed by atoms with Crippen molar-refractivity contribution in [3.05, 3.63) is 23.5 Å². The summed E-state index contributed by atoms with van der Waals surface area (Å²) in [4.78, 5) is 13.9. The van der Waals surface area contributed by atoms with Crippen molar-refractivity contribution in [3.8, 4) is 11.5 Å². The number of rotatable bonds is 8. The minimum absolute atomic E-state index is 0.104. The monoisotopic (exact) mass is 351 g/mol. The van der Waals surface area contributed by atoms with Gasteiger partial charge in [0.1, 0.15) is 5.75 Å². The van der Waals surface area contributed by atoms with Crippen molar-refractivity contribution in [1.82, 2.24) is 4.90 Å². The molecule has 0 N–H and O–H groups in total. The Labute approximate surface area is 147 Å². The molecule has 0 bridgehead atoms. The molecule has 2 rings (SSSR count). The van der Waals surface area contributed by atoms with Crippen molar-refractivity contribution < 1.29 is 28.2 Å². The van der Waals surface area contributed by atoms with Crippen molar-refractivity contribution in [3.63, 3.8) is 0 Å². The summed E-state index contributed by atoms with van der Waals surface area (Å²) in [5, 5.41) is 0.663. The maximum atomic E-state index is 11.8. The van der Waals surface area contributed by atoms with Crippen molar-refractivity contribution in [1.29, 1.82) is 0 Å². The van der Waals surface area contributed by atoms with Crippen LogP contribution in [0.1, 0.15) is 23.0 Å². The highest BCUT2D eigenvalue weighted by atomic mass is 16.5. The molecule has 25 heavy (non-hydrogen) atoms. The molecule has 0 radical (unpaired) electrons. The van der Waals surface area contributed by atoms with Crippen LogP contribution in [0.5, 0.6) is 11.5 Å². The second-order valence-electron chi connectivity index (χ2n) is 5.86. The number of likely N-dealkylation sites (N-methyl/N-ethyl adjacent to an activating group) is 1. The lowest BCUT2D eigenvalue weighted by Crippen LogP contribution is -2.28. The Kier molecular flexibility index (Phi) is 6.27. The summed E-state index contributed by atoms with van der Waals surface area (Å²) in [5.74, 6) is 0.737. The minimum atomic E-state index is -0.548. The van der Waals surface area contributed by atoms with E-state index >= 15 is 0 Å². The van der Waals surface area contributed by atoms with Crippen LogP contribution in [0.25, 0.3) is 11.0 Å². The highest BCUT2D eigenvalue weighted by Gasteiger charge is 2.22. The number of benzene rings is 1. The van der Waals surface area contributed by atoms with Gasteiger partial charge in [-0.1, -0.05) is 0 Å². The number of fused-ring (bicyclic) bond motifs is 1. The third-order valence-corrected chi connectivity index (χ3v) is 4.02. The number of nitrogens with zero attached hydrogens (tertiary/aromatic N) is 1. The molecule has 1 aromatic heterocycles. The van der Waals surface area contributed by atoms with E-state index in [-0.39, 0.29) is 11.9 Å². The number of hydrogen-bond acceptors (Lipinski definition) is 7. The molecule has 0 aliphatic carbocycles. The Bertz CT molecular complexity index is 739. The molecule has 0 aliphatic rings. The fraction of sp³-hybridized carbons (Fsp3) is 0.500. The highest BCUT2D eigenvalue weighted by molar-refractivity contribution is 5.97. The van der Waals surface area contributed by atoms with E-state index in [1.165, 1.54) is 7.11 Å². The van der Waals surface area contributed by atoms with E-state index in [0.29, 0.717) is 29.0 Å². The number of furan rings is 1. The van der Waals surface area contributed by atoms with Gasteiger partial charge in [-0.3, -0.25) is 4.90 Å². The maximum Gasteiger partial charge on any atom is 0.373 e. The molecular weight excluding hydrogens is 326 g/mol. The summed E-state index contributed by atoms with van der Waals surface area (Å²) in [7, 11) is 8.13. The van der Waals surface area contributed by atoms with Crippen LogP contribution in [-0.2, 0) is 16.0 Å². The van der Waals surface area contributed by atoms with Gasteiger partial charge in [0, 0.05) is 31.8 Å². The van der Waals surface area contributed by atoms with Gasteiger partial charge in [-0.2, -0.15) is 0 Å². The first-order chi connectivity index (χ1) is 11.9. The average Bonchev–Trinajstić information content (AvgIpc) is 3.05. The standard InChI is InChI=1S/C18H25NO6/c1-11(21-3)9-19(2)10-12-7-14(22-4)13-8-15(18(20)24-6)25-17(13)16(12)23-5/h7-8,11H,9-10H2,1-6H3. The number of carbonyl (C=O) groups excluding carboxylic acids is 1. The van der Waals surface area contributed by atoms with Crippen LogP contribution < -0.4 is 9.47 Å². The minimum Gasteiger partial charge on any atom is -0.496 e. The summed E-state index contributed by atoms with van der Waals surface area (Å²) in [6.45, 7) is 3.37. The predicted octanol–water partition coefficient (Wildman–Crippen LogP) is 2.70. The zero-order valence-corrected chi connectivity index (χ0v) is 15.5. The van der Waals surface area contributed by atoms with Crippen LogP contribution in [-0.4, -0.2) is 59.0 Å². The molecule has 0 amide bonds. The van der Waals surface area contributed by atoms with Gasteiger partial charge in [-0.15, -0.1) is 0 Å². The molecule has 2 aromatic rings. The molecule has 1 atom stereocenters. The van der Waals surface area contributed by atoms with Gasteiger partial charge >= 0.3 is 5.97 Å². The summed E-state index contributed by atoms with van der Waals surface area (Å²) in [6.07, 6.45) is 0.108. The smallest absolute Gasteiger partial charge is 0.373 e. The molecule has 7 heteroatoms. The maximum absolute atomic E-state index is 11.8.